The maximum absolute atomic E-state index is 12.7. The van der Waals surface area contributed by atoms with Crippen LogP contribution < -0.4 is 0 Å². The molecule has 0 aliphatic rings. The maximum Gasteiger partial charge on any atom is 0.306 e. The van der Waals surface area contributed by atoms with Crippen molar-refractivity contribution >= 4 is 17.9 Å². The number of ether oxygens (including phenoxy) is 3. The summed E-state index contributed by atoms with van der Waals surface area (Å²) in [5.41, 5.74) is 0. The smallest absolute Gasteiger partial charge is 0.306 e. The van der Waals surface area contributed by atoms with Crippen LogP contribution in [0.2, 0.25) is 0 Å². The molecule has 0 spiro atoms. The average molecular weight is 765 g/mol. The molecule has 6 nitrogen and oxygen atoms in total. The van der Waals surface area contributed by atoms with Crippen LogP contribution in [0.3, 0.4) is 0 Å². The van der Waals surface area contributed by atoms with Gasteiger partial charge in [0.25, 0.3) is 0 Å². The highest BCUT2D eigenvalue weighted by molar-refractivity contribution is 5.71. The third-order valence-corrected chi connectivity index (χ3v) is 10.8. The Morgan fingerprint density at radius 2 is 0.611 bits per heavy atom. The van der Waals surface area contributed by atoms with E-state index in [1.165, 1.54) is 161 Å². The number of carbonyl (C=O) groups is 3. The van der Waals surface area contributed by atoms with Gasteiger partial charge in [0.05, 0.1) is 0 Å². The lowest BCUT2D eigenvalue weighted by atomic mass is 10.0. The van der Waals surface area contributed by atoms with E-state index in [-0.39, 0.29) is 31.1 Å². The number of esters is 3. The Hall–Kier alpha value is -1.59. The number of hydrogen-bond acceptors (Lipinski definition) is 6. The molecule has 0 bridgehead atoms. The Kier molecular flexibility index (Phi) is 41.3. The van der Waals surface area contributed by atoms with Crippen LogP contribution in [0, 0.1) is 5.92 Å². The molecule has 0 aromatic rings. The molecule has 0 aromatic carbocycles. The molecule has 6 heteroatoms. The highest BCUT2D eigenvalue weighted by Crippen LogP contribution is 2.16. The molecule has 0 aliphatic heterocycles. The first kappa shape index (κ1) is 52.4. The van der Waals surface area contributed by atoms with E-state index in [1.807, 2.05) is 0 Å². The summed E-state index contributed by atoms with van der Waals surface area (Å²) < 4.78 is 16.7. The zero-order valence-electron chi connectivity index (χ0n) is 36.7. The van der Waals surface area contributed by atoms with Crippen molar-refractivity contribution in [2.24, 2.45) is 5.92 Å². The molecule has 0 saturated carbocycles. The Morgan fingerprint density at radius 1 is 0.352 bits per heavy atom. The Bertz CT molecular complexity index is 811. The van der Waals surface area contributed by atoms with Gasteiger partial charge in [-0.15, -0.1) is 0 Å². The lowest BCUT2D eigenvalue weighted by Crippen LogP contribution is -2.30. The molecule has 0 aliphatic carbocycles. The zero-order chi connectivity index (χ0) is 39.6. The second kappa shape index (κ2) is 42.6. The molecule has 0 aromatic heterocycles. The topological polar surface area (TPSA) is 78.9 Å². The van der Waals surface area contributed by atoms with Crippen molar-refractivity contribution in [2.45, 2.75) is 271 Å². The summed E-state index contributed by atoms with van der Waals surface area (Å²) in [6.45, 7) is 8.99. The van der Waals surface area contributed by atoms with Crippen LogP contribution >= 0.6 is 0 Å². The van der Waals surface area contributed by atoms with Crippen molar-refractivity contribution in [3.63, 3.8) is 0 Å². The van der Waals surface area contributed by atoms with Crippen LogP contribution in [-0.4, -0.2) is 37.2 Å². The van der Waals surface area contributed by atoms with Gasteiger partial charge in [-0.2, -0.15) is 0 Å². The van der Waals surface area contributed by atoms with Crippen molar-refractivity contribution in [3.8, 4) is 0 Å². The summed E-state index contributed by atoms with van der Waals surface area (Å²) in [6, 6.07) is 0. The molecule has 1 atom stereocenters. The molecule has 0 fully saturated rings. The maximum atomic E-state index is 12.7. The van der Waals surface area contributed by atoms with Gasteiger partial charge in [-0.05, 0) is 25.2 Å². The van der Waals surface area contributed by atoms with E-state index in [9.17, 15) is 14.4 Å². The van der Waals surface area contributed by atoms with Gasteiger partial charge in [-0.3, -0.25) is 14.4 Å². The van der Waals surface area contributed by atoms with Crippen LogP contribution in [0.15, 0.2) is 0 Å². The number of carbonyl (C=O) groups excluding carboxylic acids is 3. The SMILES string of the molecule is CCCCCCCCCCCCCC(=O)OC[C@@H](COC(=O)CCCCCCCCCCC)OC(=O)CCCCCCCCCCCCCCCC(C)C. The number of hydrogen-bond donors (Lipinski definition) is 0. The molecular formula is C48H92O6. The van der Waals surface area contributed by atoms with Gasteiger partial charge in [0, 0.05) is 19.3 Å². The van der Waals surface area contributed by atoms with E-state index in [4.69, 9.17) is 14.2 Å². The first-order valence-corrected chi connectivity index (χ1v) is 23.9. The fourth-order valence-electron chi connectivity index (χ4n) is 7.16. The lowest BCUT2D eigenvalue weighted by Gasteiger charge is -2.18. The fourth-order valence-corrected chi connectivity index (χ4v) is 7.16. The van der Waals surface area contributed by atoms with Crippen molar-refractivity contribution in [3.05, 3.63) is 0 Å². The standard InChI is InChI=1S/C48H92O6/c1-5-7-9-11-13-15-19-24-28-32-36-40-47(50)53-43-45(42-52-46(49)39-35-31-27-22-14-12-10-8-6-2)54-48(51)41-37-33-29-25-21-18-16-17-20-23-26-30-34-38-44(3)4/h44-45H,5-43H2,1-4H3/t45-/m1/s1. The predicted octanol–water partition coefficient (Wildman–Crippen LogP) is 15.1. The molecule has 0 saturated heterocycles. The molecule has 0 rings (SSSR count). The van der Waals surface area contributed by atoms with Gasteiger partial charge in [-0.1, -0.05) is 227 Å². The normalized spacial score (nSPS) is 11.9. The molecule has 0 amide bonds. The van der Waals surface area contributed by atoms with Crippen LogP contribution in [0.5, 0.6) is 0 Å². The lowest BCUT2D eigenvalue weighted by molar-refractivity contribution is -0.167. The molecule has 0 unspecified atom stereocenters. The van der Waals surface area contributed by atoms with Gasteiger partial charge in [0.1, 0.15) is 13.2 Å². The first-order valence-electron chi connectivity index (χ1n) is 23.9. The molecular weight excluding hydrogens is 673 g/mol. The highest BCUT2D eigenvalue weighted by atomic mass is 16.6. The van der Waals surface area contributed by atoms with E-state index < -0.39 is 6.10 Å². The summed E-state index contributed by atoms with van der Waals surface area (Å²) in [7, 11) is 0. The second-order valence-corrected chi connectivity index (χ2v) is 16.9. The fraction of sp³-hybridized carbons (Fsp3) is 0.938. The van der Waals surface area contributed by atoms with Crippen LogP contribution in [0.4, 0.5) is 0 Å². The minimum atomic E-state index is -0.758. The Labute approximate surface area is 336 Å². The van der Waals surface area contributed by atoms with E-state index in [0.29, 0.717) is 19.3 Å². The van der Waals surface area contributed by atoms with Gasteiger partial charge in [0.2, 0.25) is 0 Å². The van der Waals surface area contributed by atoms with Crippen molar-refractivity contribution in [1.29, 1.82) is 0 Å². The van der Waals surface area contributed by atoms with Gasteiger partial charge < -0.3 is 14.2 Å². The zero-order valence-corrected chi connectivity index (χ0v) is 36.7. The summed E-state index contributed by atoms with van der Waals surface area (Å²) in [6.07, 6.45) is 42.3. The molecule has 320 valence electrons. The summed E-state index contributed by atoms with van der Waals surface area (Å²) in [4.78, 5) is 37.7. The summed E-state index contributed by atoms with van der Waals surface area (Å²) >= 11 is 0. The minimum Gasteiger partial charge on any atom is -0.462 e. The predicted molar refractivity (Wildman–Crippen MR) is 229 cm³/mol. The largest absolute Gasteiger partial charge is 0.462 e. The quantitative estimate of drug-likeness (QED) is 0.0349. The van der Waals surface area contributed by atoms with E-state index in [2.05, 4.69) is 27.7 Å². The summed E-state index contributed by atoms with van der Waals surface area (Å²) in [5, 5.41) is 0. The van der Waals surface area contributed by atoms with E-state index >= 15 is 0 Å². The monoisotopic (exact) mass is 765 g/mol. The van der Waals surface area contributed by atoms with Crippen LogP contribution in [0.25, 0.3) is 0 Å². The van der Waals surface area contributed by atoms with Gasteiger partial charge in [0.15, 0.2) is 6.10 Å². The second-order valence-electron chi connectivity index (χ2n) is 16.9. The van der Waals surface area contributed by atoms with Crippen molar-refractivity contribution in [1.82, 2.24) is 0 Å². The average Bonchev–Trinajstić information content (AvgIpc) is 3.15. The Balaban J connectivity index is 4.28. The third-order valence-electron chi connectivity index (χ3n) is 10.8. The van der Waals surface area contributed by atoms with E-state index in [0.717, 1.165) is 63.7 Å². The first-order chi connectivity index (χ1) is 26.4. The third kappa shape index (κ3) is 41.6. The summed E-state index contributed by atoms with van der Waals surface area (Å²) in [5.74, 6) is -0.0149. The minimum absolute atomic E-state index is 0.0634. The van der Waals surface area contributed by atoms with Gasteiger partial charge in [-0.25, -0.2) is 0 Å². The highest BCUT2D eigenvalue weighted by Gasteiger charge is 2.19. The Morgan fingerprint density at radius 3 is 0.907 bits per heavy atom. The van der Waals surface area contributed by atoms with Crippen LogP contribution in [0.1, 0.15) is 265 Å². The van der Waals surface area contributed by atoms with Gasteiger partial charge >= 0.3 is 17.9 Å². The van der Waals surface area contributed by atoms with Crippen molar-refractivity contribution < 1.29 is 28.6 Å². The molecule has 54 heavy (non-hydrogen) atoms. The van der Waals surface area contributed by atoms with Crippen molar-refractivity contribution in [2.75, 3.05) is 13.2 Å². The van der Waals surface area contributed by atoms with E-state index in [1.54, 1.807) is 0 Å². The molecule has 0 radical (unpaired) electrons. The van der Waals surface area contributed by atoms with Crippen LogP contribution in [-0.2, 0) is 28.6 Å². The number of rotatable bonds is 43. The number of unbranched alkanes of at least 4 members (excludes halogenated alkanes) is 30. The molecule has 0 N–H and O–H groups in total. The molecule has 0 heterocycles.